The second-order valence-electron chi connectivity index (χ2n) is 15.4. The lowest BCUT2D eigenvalue weighted by atomic mass is 9.83. The van der Waals surface area contributed by atoms with Crippen LogP contribution in [0.15, 0.2) is 35.9 Å². The molecule has 2 saturated heterocycles. The van der Waals surface area contributed by atoms with E-state index in [-0.39, 0.29) is 34.9 Å². The average Bonchev–Trinajstić information content (AvgIpc) is 3.82. The van der Waals surface area contributed by atoms with E-state index in [4.69, 9.17) is 35.3 Å². The second kappa shape index (κ2) is 18.1. The number of carbonyl (C=O) groups is 4. The van der Waals surface area contributed by atoms with Gasteiger partial charge in [0.1, 0.15) is 40.7 Å². The zero-order valence-corrected chi connectivity index (χ0v) is 36.0. The summed E-state index contributed by atoms with van der Waals surface area (Å²) in [5.74, 6) is -1.50. The van der Waals surface area contributed by atoms with E-state index in [1.54, 1.807) is 73.8 Å². The van der Waals surface area contributed by atoms with Crippen molar-refractivity contribution in [2.45, 2.75) is 120 Å². The zero-order valence-electron chi connectivity index (χ0n) is 33.6. The number of anilines is 1. The number of benzene rings is 1. The molecule has 4 rings (SSSR count). The fraction of sp³-hybridized carbons (Fsp3) is 0.641. The highest BCUT2D eigenvalue weighted by Crippen LogP contribution is 2.49. The van der Waals surface area contributed by atoms with Crippen molar-refractivity contribution in [2.75, 3.05) is 39.5 Å². The van der Waals surface area contributed by atoms with E-state index >= 15 is 0 Å². The minimum Gasteiger partial charge on any atom is -0.495 e. The van der Waals surface area contributed by atoms with Crippen molar-refractivity contribution in [3.63, 3.8) is 0 Å². The molecule has 16 heteroatoms. The summed E-state index contributed by atoms with van der Waals surface area (Å²) in [5, 5.41) is 14.5. The molecule has 2 N–H and O–H groups in total. The highest BCUT2D eigenvalue weighted by atomic mass is 35.5. The fourth-order valence-corrected chi connectivity index (χ4v) is 9.62. The second-order valence-corrected chi connectivity index (χ2v) is 18.9. The largest absolute Gasteiger partial charge is 0.495 e. The molecule has 1 aromatic carbocycles. The number of amides is 3. The van der Waals surface area contributed by atoms with Crippen molar-refractivity contribution in [2.24, 2.45) is 5.92 Å². The summed E-state index contributed by atoms with van der Waals surface area (Å²) in [5.41, 5.74) is -0.900. The van der Waals surface area contributed by atoms with Gasteiger partial charge in [0.15, 0.2) is 5.72 Å². The molecule has 0 spiro atoms. The van der Waals surface area contributed by atoms with Crippen LogP contribution < -0.4 is 15.0 Å². The lowest BCUT2D eigenvalue weighted by Gasteiger charge is -2.42. The maximum absolute atomic E-state index is 14.2. The Labute approximate surface area is 337 Å². The number of rotatable bonds is 10. The quantitative estimate of drug-likeness (QED) is 0.160. The number of hydrogen-bond acceptors (Lipinski definition) is 12. The first-order chi connectivity index (χ1) is 25.7. The Hall–Kier alpha value is -2.95. The molecule has 8 atom stereocenters. The van der Waals surface area contributed by atoms with Gasteiger partial charge in [0.05, 0.1) is 25.3 Å². The molecule has 3 aliphatic rings. The number of fused-ring (bicyclic) bond motifs is 5. The predicted octanol–water partition coefficient (Wildman–Crippen LogP) is 6.08. The summed E-state index contributed by atoms with van der Waals surface area (Å²) < 4.78 is 29.2. The normalized spacial score (nSPS) is 30.8. The van der Waals surface area contributed by atoms with Crippen LogP contribution in [0, 0.1) is 5.92 Å². The highest BCUT2D eigenvalue weighted by Gasteiger charge is 2.64. The third-order valence-electron chi connectivity index (χ3n) is 10.8. The van der Waals surface area contributed by atoms with Gasteiger partial charge >= 0.3 is 12.1 Å². The number of methoxy groups -OCH3 is 2. The Morgan fingerprint density at radius 2 is 1.95 bits per heavy atom. The molecule has 1 aromatic rings. The molecule has 306 valence electrons. The maximum atomic E-state index is 14.2. The lowest BCUT2D eigenvalue weighted by molar-refractivity contribution is -0.162. The average molecular weight is 826 g/mol. The predicted molar refractivity (Wildman–Crippen MR) is 215 cm³/mol. The third-order valence-corrected chi connectivity index (χ3v) is 13.8. The molecule has 3 heterocycles. The fourth-order valence-electron chi connectivity index (χ4n) is 7.07. The molecule has 0 saturated carbocycles. The Bertz CT molecular complexity index is 1680. The van der Waals surface area contributed by atoms with E-state index in [0.717, 1.165) is 11.1 Å². The molecule has 0 aliphatic carbocycles. The number of ether oxygens (including phenoxy) is 5. The lowest BCUT2D eigenvalue weighted by Crippen LogP contribution is -2.63. The number of epoxide rings is 1. The van der Waals surface area contributed by atoms with E-state index < -0.39 is 65.7 Å². The summed E-state index contributed by atoms with van der Waals surface area (Å²) in [6, 6.07) is 2.62. The topological polar surface area (TPSA) is 156 Å². The minimum absolute atomic E-state index is 0.0478. The van der Waals surface area contributed by atoms with Crippen LogP contribution >= 0.6 is 33.2 Å². The maximum Gasteiger partial charge on any atom is 0.409 e. The van der Waals surface area contributed by atoms with Gasteiger partial charge in [-0.3, -0.25) is 14.9 Å². The van der Waals surface area contributed by atoms with Gasteiger partial charge in [-0.25, -0.2) is 9.59 Å². The molecule has 0 radical (unpaired) electrons. The van der Waals surface area contributed by atoms with Crippen molar-refractivity contribution in [1.82, 2.24) is 10.2 Å². The summed E-state index contributed by atoms with van der Waals surface area (Å²) >= 11 is 6.78. The van der Waals surface area contributed by atoms with Crippen LogP contribution in [0.5, 0.6) is 5.75 Å². The van der Waals surface area contributed by atoms with Gasteiger partial charge in [0, 0.05) is 44.7 Å². The zero-order chi connectivity index (χ0) is 41.0. The number of nitrogens with one attached hydrogen (secondary N) is 1. The molecule has 0 unspecified atom stereocenters. The monoisotopic (exact) mass is 825 g/mol. The van der Waals surface area contributed by atoms with Gasteiger partial charge in [-0.15, -0.1) is 0 Å². The van der Waals surface area contributed by atoms with Crippen LogP contribution in [0.1, 0.15) is 72.8 Å². The van der Waals surface area contributed by atoms with E-state index in [0.29, 0.717) is 24.3 Å². The first-order valence-electron chi connectivity index (χ1n) is 18.3. The first kappa shape index (κ1) is 44.8. The minimum atomic E-state index is -1.83. The van der Waals surface area contributed by atoms with Crippen LogP contribution in [0.25, 0.3) is 0 Å². The van der Waals surface area contributed by atoms with Crippen molar-refractivity contribution < 1.29 is 48.0 Å². The number of allylic oxidation sites excluding steroid dienone is 3. The number of nitrogens with zero attached hydrogens (tertiary/aromatic N) is 2. The van der Waals surface area contributed by atoms with E-state index in [9.17, 15) is 24.3 Å². The standard InChI is InChI=1S/C39H56ClN3O10S2/c1-22-13-12-14-29(50-10)39(48)21-28(51-36(47)41-39)23(2)34-38(6,53-34)30(20-32(45)43(8)26-18-25(17-22)19-27(49-9)33(26)40)52-35(46)24(3)42(7)31(44)15-16-37(4,5)55-54-11/h12-14,18-19,23-24,28-30,34,48H,15-17,20-21H2,1-11H3,(H,41,47)/b14-12+,22-13+/t23-,24+,28+,29-,30+,34-,38+,39+/m1/s1. The van der Waals surface area contributed by atoms with Crippen molar-refractivity contribution >= 4 is 62.8 Å². The van der Waals surface area contributed by atoms with Gasteiger partial charge in [-0.05, 0) is 71.4 Å². The summed E-state index contributed by atoms with van der Waals surface area (Å²) in [7, 11) is 9.39. The van der Waals surface area contributed by atoms with Crippen LogP contribution in [0.4, 0.5) is 10.5 Å². The van der Waals surface area contributed by atoms with Crippen LogP contribution in [0.2, 0.25) is 5.02 Å². The molecule has 55 heavy (non-hydrogen) atoms. The highest BCUT2D eigenvalue weighted by molar-refractivity contribution is 8.76. The smallest absolute Gasteiger partial charge is 0.409 e. The number of esters is 1. The van der Waals surface area contributed by atoms with Crippen LogP contribution in [-0.4, -0.2) is 115 Å². The Morgan fingerprint density at radius 1 is 1.25 bits per heavy atom. The van der Waals surface area contributed by atoms with Gasteiger partial charge < -0.3 is 38.6 Å². The summed E-state index contributed by atoms with van der Waals surface area (Å²) in [4.78, 5) is 56.9. The van der Waals surface area contributed by atoms with Crippen LogP contribution in [-0.2, 0) is 39.8 Å². The summed E-state index contributed by atoms with van der Waals surface area (Å²) in [6.07, 6.45) is 3.81. The molecular weight excluding hydrogens is 770 g/mol. The van der Waals surface area contributed by atoms with Gasteiger partial charge in [-0.2, -0.15) is 0 Å². The third kappa shape index (κ3) is 10.5. The van der Waals surface area contributed by atoms with Gasteiger partial charge in [0.2, 0.25) is 11.8 Å². The van der Waals surface area contributed by atoms with Gasteiger partial charge in [-0.1, -0.05) is 63.9 Å². The first-order valence-corrected chi connectivity index (χ1v) is 21.2. The Kier molecular flexibility index (Phi) is 14.7. The molecule has 2 fully saturated rings. The summed E-state index contributed by atoms with van der Waals surface area (Å²) in [6.45, 7) is 11.2. The number of likely N-dealkylation sites (N-methyl/N-ethyl adjacent to an activating group) is 1. The number of alkyl carbamates (subject to hydrolysis) is 1. The molecule has 13 nitrogen and oxygen atoms in total. The SMILES string of the molecule is COc1cc2cc(c1Cl)N(C)C(=O)C[C@H](OC(=O)[C@H](C)N(C)C(=O)CCC(C)(C)SSC)[C@]1(C)O[C@@H]1[C@H](C)[C@@H]1C[C@@](O)(NC(=O)O1)[C@H](OC)/C=C/C=C(\C)C2. The Balaban J connectivity index is 1.71. The van der Waals surface area contributed by atoms with Crippen molar-refractivity contribution in [3.05, 3.63) is 46.5 Å². The van der Waals surface area contributed by atoms with E-state index in [2.05, 4.69) is 19.2 Å². The van der Waals surface area contributed by atoms with Crippen molar-refractivity contribution in [1.29, 1.82) is 0 Å². The molecule has 4 bridgehead atoms. The molecule has 0 aromatic heterocycles. The van der Waals surface area contributed by atoms with E-state index in [1.165, 1.54) is 24.0 Å². The van der Waals surface area contributed by atoms with E-state index in [1.807, 2.05) is 26.2 Å². The Morgan fingerprint density at radius 3 is 2.58 bits per heavy atom. The van der Waals surface area contributed by atoms with Gasteiger partial charge in [0.25, 0.3) is 0 Å². The number of halogens is 1. The number of aliphatic hydroxyl groups is 1. The number of carbonyl (C=O) groups excluding carboxylic acids is 4. The van der Waals surface area contributed by atoms with Crippen LogP contribution in [0.3, 0.4) is 0 Å². The number of hydrogen-bond donors (Lipinski definition) is 2. The molecular formula is C39H56ClN3O10S2. The molecule has 3 amide bonds. The molecule has 3 aliphatic heterocycles. The van der Waals surface area contributed by atoms with Crippen molar-refractivity contribution in [3.8, 4) is 5.75 Å².